The summed E-state index contributed by atoms with van der Waals surface area (Å²) in [5.41, 5.74) is 0.891. The number of rotatable bonds is 5. The fourth-order valence-electron chi connectivity index (χ4n) is 3.19. The van der Waals surface area contributed by atoms with Gasteiger partial charge < -0.3 is 5.32 Å². The molecule has 6 nitrogen and oxygen atoms in total. The summed E-state index contributed by atoms with van der Waals surface area (Å²) in [6, 6.07) is 14.9. The molecule has 0 bridgehead atoms. The molecule has 1 N–H and O–H groups in total. The van der Waals surface area contributed by atoms with E-state index >= 15 is 0 Å². The lowest BCUT2D eigenvalue weighted by Gasteiger charge is -2.13. The number of amides is 1. The number of hydrogen-bond donors (Lipinski definition) is 1. The van der Waals surface area contributed by atoms with Crippen LogP contribution in [-0.4, -0.2) is 15.0 Å². The maximum atomic E-state index is 14.3. The summed E-state index contributed by atoms with van der Waals surface area (Å²) < 4.78 is 16.6. The van der Waals surface area contributed by atoms with Crippen LogP contribution in [0, 0.1) is 12.7 Å². The van der Waals surface area contributed by atoms with Crippen molar-refractivity contribution in [3.05, 3.63) is 97.8 Å². The van der Waals surface area contributed by atoms with Gasteiger partial charge in [-0.2, -0.15) is 0 Å². The minimum atomic E-state index is -0.763. The zero-order valence-corrected chi connectivity index (χ0v) is 16.9. The molecular formula is C22H18FN3O3S. The molecule has 0 saturated heterocycles. The summed E-state index contributed by atoms with van der Waals surface area (Å²) >= 11 is 1.14. The van der Waals surface area contributed by atoms with Gasteiger partial charge in [-0.3, -0.25) is 14.2 Å². The summed E-state index contributed by atoms with van der Waals surface area (Å²) in [5, 5.41) is 4.44. The molecule has 0 saturated carbocycles. The lowest BCUT2D eigenvalue weighted by molar-refractivity contribution is -0.121. The molecule has 2 aromatic carbocycles. The highest BCUT2D eigenvalue weighted by molar-refractivity contribution is 7.17. The average Bonchev–Trinajstić information content (AvgIpc) is 3.22. The van der Waals surface area contributed by atoms with Crippen molar-refractivity contribution in [3.63, 3.8) is 0 Å². The van der Waals surface area contributed by atoms with Crippen molar-refractivity contribution in [1.82, 2.24) is 14.5 Å². The maximum absolute atomic E-state index is 14.3. The third-order valence-electron chi connectivity index (χ3n) is 4.76. The number of carbonyl (C=O) groups is 1. The fraction of sp³-hybridized carbons (Fsp3) is 0.136. The first kappa shape index (κ1) is 19.8. The zero-order valence-electron chi connectivity index (χ0n) is 16.1. The quantitative estimate of drug-likeness (QED) is 0.536. The summed E-state index contributed by atoms with van der Waals surface area (Å²) in [4.78, 5) is 38.5. The van der Waals surface area contributed by atoms with E-state index in [0.717, 1.165) is 27.0 Å². The van der Waals surface area contributed by atoms with Gasteiger partial charge in [0.25, 0.3) is 5.56 Å². The highest BCUT2D eigenvalue weighted by atomic mass is 32.1. The van der Waals surface area contributed by atoms with Gasteiger partial charge in [0.05, 0.1) is 11.2 Å². The van der Waals surface area contributed by atoms with Gasteiger partial charge in [-0.05, 0) is 36.1 Å². The number of halogens is 1. The lowest BCUT2D eigenvalue weighted by Crippen LogP contribution is -2.41. The Morgan fingerprint density at radius 3 is 2.53 bits per heavy atom. The van der Waals surface area contributed by atoms with E-state index in [1.165, 1.54) is 22.8 Å². The van der Waals surface area contributed by atoms with Crippen LogP contribution in [0.15, 0.2) is 69.6 Å². The number of hydrogen-bond acceptors (Lipinski definition) is 4. The van der Waals surface area contributed by atoms with Gasteiger partial charge in [0.15, 0.2) is 0 Å². The predicted octanol–water partition coefficient (Wildman–Crippen LogP) is 2.98. The molecule has 0 aliphatic heterocycles. The summed E-state index contributed by atoms with van der Waals surface area (Å²) in [6.07, 6.45) is 0. The van der Waals surface area contributed by atoms with Crippen LogP contribution in [0.3, 0.4) is 0 Å². The van der Waals surface area contributed by atoms with Gasteiger partial charge in [-0.25, -0.2) is 13.8 Å². The van der Waals surface area contributed by atoms with E-state index in [1.807, 2.05) is 31.2 Å². The van der Waals surface area contributed by atoms with Crippen molar-refractivity contribution in [1.29, 1.82) is 0 Å². The maximum Gasteiger partial charge on any atom is 0.336 e. The number of aryl methyl sites for hydroxylation is 1. The number of benzene rings is 2. The molecule has 0 aliphatic carbocycles. The first-order valence-corrected chi connectivity index (χ1v) is 10.1. The minimum absolute atomic E-state index is 0.142. The second-order valence-electron chi connectivity index (χ2n) is 6.86. The van der Waals surface area contributed by atoms with Gasteiger partial charge in [-0.1, -0.05) is 42.0 Å². The molecule has 30 heavy (non-hydrogen) atoms. The van der Waals surface area contributed by atoms with Crippen molar-refractivity contribution >= 4 is 27.5 Å². The van der Waals surface area contributed by atoms with E-state index < -0.39 is 17.1 Å². The number of aromatic nitrogens is 2. The highest BCUT2D eigenvalue weighted by Crippen LogP contribution is 2.17. The normalized spacial score (nSPS) is 11.0. The molecule has 0 spiro atoms. The number of thiophene rings is 1. The van der Waals surface area contributed by atoms with E-state index in [9.17, 15) is 18.8 Å². The number of para-hydroxylation sites is 1. The Bertz CT molecular complexity index is 1350. The van der Waals surface area contributed by atoms with E-state index in [1.54, 1.807) is 17.5 Å². The van der Waals surface area contributed by atoms with Crippen molar-refractivity contribution in [2.24, 2.45) is 0 Å². The Kier molecular flexibility index (Phi) is 5.33. The third kappa shape index (κ3) is 3.69. The first-order valence-electron chi connectivity index (χ1n) is 9.26. The Balaban J connectivity index is 1.70. The van der Waals surface area contributed by atoms with Crippen LogP contribution in [0.25, 0.3) is 15.9 Å². The third-order valence-corrected chi connectivity index (χ3v) is 5.65. The molecule has 4 rings (SSSR count). The zero-order chi connectivity index (χ0) is 21.3. The number of carbonyl (C=O) groups excluding carboxylic acids is 1. The van der Waals surface area contributed by atoms with E-state index in [2.05, 4.69) is 5.32 Å². The van der Waals surface area contributed by atoms with E-state index in [-0.39, 0.29) is 22.8 Å². The number of nitrogens with one attached hydrogen (secondary N) is 1. The molecule has 4 aromatic rings. The molecular weight excluding hydrogens is 405 g/mol. The van der Waals surface area contributed by atoms with Crippen LogP contribution < -0.4 is 16.6 Å². The Morgan fingerprint density at radius 2 is 1.80 bits per heavy atom. The number of fused-ring (bicyclic) bond motifs is 1. The van der Waals surface area contributed by atoms with Crippen molar-refractivity contribution in [2.45, 2.75) is 20.0 Å². The van der Waals surface area contributed by atoms with Gasteiger partial charge in [0, 0.05) is 6.54 Å². The molecule has 0 aliphatic rings. The van der Waals surface area contributed by atoms with Crippen LogP contribution in [0.2, 0.25) is 0 Å². The standard InChI is InChI=1S/C22H18FN3O3S/c1-14-6-8-15(9-7-14)12-24-19(27)13-25-18-10-11-30-20(18)21(28)26(22(25)29)17-5-3-2-4-16(17)23/h2-11H,12-13H2,1H3,(H,24,27). The SMILES string of the molecule is Cc1ccc(CNC(=O)Cn2c(=O)n(-c3ccccc3F)c(=O)c3sccc32)cc1. The largest absolute Gasteiger partial charge is 0.350 e. The van der Waals surface area contributed by atoms with Gasteiger partial charge >= 0.3 is 5.69 Å². The lowest BCUT2D eigenvalue weighted by atomic mass is 10.1. The van der Waals surface area contributed by atoms with Crippen LogP contribution >= 0.6 is 11.3 Å². The second kappa shape index (κ2) is 8.08. The number of nitrogens with zero attached hydrogens (tertiary/aromatic N) is 2. The average molecular weight is 423 g/mol. The fourth-order valence-corrected chi connectivity index (χ4v) is 4.02. The minimum Gasteiger partial charge on any atom is -0.350 e. The first-order chi connectivity index (χ1) is 14.5. The van der Waals surface area contributed by atoms with Gasteiger partial charge in [-0.15, -0.1) is 11.3 Å². The molecule has 0 unspecified atom stereocenters. The molecule has 0 radical (unpaired) electrons. The molecule has 2 aromatic heterocycles. The molecule has 0 fully saturated rings. The predicted molar refractivity (Wildman–Crippen MR) is 115 cm³/mol. The smallest absolute Gasteiger partial charge is 0.336 e. The summed E-state index contributed by atoms with van der Waals surface area (Å²) in [6.45, 7) is 2.01. The Labute approximate surface area is 174 Å². The molecule has 0 atom stereocenters. The topological polar surface area (TPSA) is 73.1 Å². The summed E-state index contributed by atoms with van der Waals surface area (Å²) in [7, 11) is 0. The molecule has 8 heteroatoms. The summed E-state index contributed by atoms with van der Waals surface area (Å²) in [5.74, 6) is -1.08. The van der Waals surface area contributed by atoms with E-state index in [0.29, 0.717) is 12.1 Å². The Morgan fingerprint density at radius 1 is 1.07 bits per heavy atom. The molecule has 152 valence electrons. The van der Waals surface area contributed by atoms with Crippen molar-refractivity contribution in [2.75, 3.05) is 0 Å². The van der Waals surface area contributed by atoms with E-state index in [4.69, 9.17) is 0 Å². The van der Waals surface area contributed by atoms with Gasteiger partial charge in [0.2, 0.25) is 5.91 Å². The van der Waals surface area contributed by atoms with Crippen LogP contribution in [0.4, 0.5) is 4.39 Å². The van der Waals surface area contributed by atoms with Gasteiger partial charge in [0.1, 0.15) is 17.1 Å². The Hall–Kier alpha value is -3.52. The monoisotopic (exact) mass is 423 g/mol. The van der Waals surface area contributed by atoms with Crippen LogP contribution in [0.1, 0.15) is 11.1 Å². The van der Waals surface area contributed by atoms with Crippen molar-refractivity contribution < 1.29 is 9.18 Å². The van der Waals surface area contributed by atoms with Crippen LogP contribution in [-0.2, 0) is 17.9 Å². The van der Waals surface area contributed by atoms with Crippen LogP contribution in [0.5, 0.6) is 0 Å². The molecule has 2 heterocycles. The molecule has 1 amide bonds. The van der Waals surface area contributed by atoms with Crippen molar-refractivity contribution in [3.8, 4) is 5.69 Å². The highest BCUT2D eigenvalue weighted by Gasteiger charge is 2.19. The second-order valence-corrected chi connectivity index (χ2v) is 7.77.